The third-order valence-corrected chi connectivity index (χ3v) is 4.46. The average molecular weight is 390 g/mol. The smallest absolute Gasteiger partial charge is 0.224 e. The van der Waals surface area contributed by atoms with E-state index in [4.69, 9.17) is 14.2 Å². The lowest BCUT2D eigenvalue weighted by Crippen LogP contribution is -2.35. The first kappa shape index (κ1) is 21.5. The SMILES string of the molecule is COc1cc(CC(=O)NCC(c2ccc(F)cc2)N(C)C)cc(OC)c1OC. The summed E-state index contributed by atoms with van der Waals surface area (Å²) in [6.07, 6.45) is 0.167. The van der Waals surface area contributed by atoms with Gasteiger partial charge in [-0.25, -0.2) is 4.39 Å². The molecule has 0 aliphatic heterocycles. The predicted octanol–water partition coefficient (Wildman–Crippen LogP) is 2.81. The first-order valence-corrected chi connectivity index (χ1v) is 8.87. The molecule has 2 aromatic carbocycles. The number of nitrogens with zero attached hydrogens (tertiary/aromatic N) is 1. The zero-order chi connectivity index (χ0) is 20.7. The van der Waals surface area contributed by atoms with Gasteiger partial charge in [0.05, 0.1) is 33.8 Å². The molecule has 28 heavy (non-hydrogen) atoms. The number of likely N-dealkylation sites (N-methyl/N-ethyl adjacent to an activating group) is 1. The van der Waals surface area contributed by atoms with Gasteiger partial charge in [0.2, 0.25) is 11.7 Å². The summed E-state index contributed by atoms with van der Waals surface area (Å²) in [5, 5.41) is 2.94. The van der Waals surface area contributed by atoms with E-state index < -0.39 is 0 Å². The lowest BCUT2D eigenvalue weighted by molar-refractivity contribution is -0.120. The van der Waals surface area contributed by atoms with E-state index in [9.17, 15) is 9.18 Å². The molecule has 0 aliphatic carbocycles. The summed E-state index contributed by atoms with van der Waals surface area (Å²) in [5.41, 5.74) is 1.68. The zero-order valence-electron chi connectivity index (χ0n) is 16.9. The van der Waals surface area contributed by atoms with Crippen molar-refractivity contribution in [3.8, 4) is 17.2 Å². The van der Waals surface area contributed by atoms with Crippen molar-refractivity contribution in [3.63, 3.8) is 0 Å². The molecule has 0 heterocycles. The number of benzene rings is 2. The predicted molar refractivity (Wildman–Crippen MR) is 106 cm³/mol. The van der Waals surface area contributed by atoms with E-state index in [1.54, 1.807) is 24.3 Å². The number of carbonyl (C=O) groups excluding carboxylic acids is 1. The van der Waals surface area contributed by atoms with Crippen LogP contribution in [0.1, 0.15) is 17.2 Å². The number of carbonyl (C=O) groups is 1. The molecule has 1 unspecified atom stereocenters. The standard InChI is InChI=1S/C21H27FN2O4/c1-24(2)17(15-6-8-16(22)9-7-15)13-23-20(25)12-14-10-18(26-3)21(28-5)19(11-14)27-4/h6-11,17H,12-13H2,1-5H3,(H,23,25). The Labute approximate surface area is 165 Å². The Hall–Kier alpha value is -2.80. The van der Waals surface area contributed by atoms with Crippen LogP contribution in [0, 0.1) is 5.82 Å². The van der Waals surface area contributed by atoms with E-state index in [0.29, 0.717) is 23.8 Å². The fourth-order valence-corrected chi connectivity index (χ4v) is 2.98. The molecule has 0 aromatic heterocycles. The molecule has 152 valence electrons. The number of hydrogen-bond acceptors (Lipinski definition) is 5. The highest BCUT2D eigenvalue weighted by molar-refractivity contribution is 5.79. The molecule has 2 aromatic rings. The van der Waals surface area contributed by atoms with Gasteiger partial charge in [-0.1, -0.05) is 12.1 Å². The van der Waals surface area contributed by atoms with E-state index >= 15 is 0 Å². The molecule has 7 heteroatoms. The summed E-state index contributed by atoms with van der Waals surface area (Å²) in [7, 11) is 8.43. The summed E-state index contributed by atoms with van der Waals surface area (Å²) in [4.78, 5) is 14.5. The molecule has 0 aliphatic rings. The van der Waals surface area contributed by atoms with Crippen molar-refractivity contribution < 1.29 is 23.4 Å². The number of amides is 1. The third-order valence-electron chi connectivity index (χ3n) is 4.46. The highest BCUT2D eigenvalue weighted by Crippen LogP contribution is 2.38. The molecule has 2 rings (SSSR count). The zero-order valence-corrected chi connectivity index (χ0v) is 16.9. The largest absolute Gasteiger partial charge is 0.493 e. The van der Waals surface area contributed by atoms with Crippen molar-refractivity contribution in [2.24, 2.45) is 0 Å². The molecule has 1 N–H and O–H groups in total. The maximum absolute atomic E-state index is 13.2. The molecular weight excluding hydrogens is 363 g/mol. The summed E-state index contributed by atoms with van der Waals surface area (Å²) < 4.78 is 29.1. The number of nitrogens with one attached hydrogen (secondary N) is 1. The van der Waals surface area contributed by atoms with Crippen molar-refractivity contribution in [1.82, 2.24) is 10.2 Å². The third kappa shape index (κ3) is 5.36. The molecule has 0 fully saturated rings. The van der Waals surface area contributed by atoms with E-state index in [1.165, 1.54) is 33.5 Å². The lowest BCUT2D eigenvalue weighted by atomic mass is 10.1. The molecule has 0 spiro atoms. The van der Waals surface area contributed by atoms with Gasteiger partial charge >= 0.3 is 0 Å². The molecule has 0 radical (unpaired) electrons. The van der Waals surface area contributed by atoms with Crippen molar-refractivity contribution in [2.75, 3.05) is 42.0 Å². The van der Waals surface area contributed by atoms with Gasteiger partial charge < -0.3 is 24.4 Å². The maximum atomic E-state index is 13.2. The van der Waals surface area contributed by atoms with Crippen LogP contribution in [0.2, 0.25) is 0 Å². The Bertz CT molecular complexity index is 768. The average Bonchev–Trinajstić information content (AvgIpc) is 2.68. The second-order valence-corrected chi connectivity index (χ2v) is 6.55. The molecule has 0 bridgehead atoms. The van der Waals surface area contributed by atoms with Crippen molar-refractivity contribution >= 4 is 5.91 Å². The topological polar surface area (TPSA) is 60.0 Å². The van der Waals surface area contributed by atoms with Gasteiger partial charge in [0, 0.05) is 6.54 Å². The Morgan fingerprint density at radius 3 is 2.07 bits per heavy atom. The van der Waals surface area contributed by atoms with Crippen LogP contribution in [0.25, 0.3) is 0 Å². The Balaban J connectivity index is 2.07. The van der Waals surface area contributed by atoms with Gasteiger partial charge in [0.25, 0.3) is 0 Å². The van der Waals surface area contributed by atoms with Crippen LogP contribution < -0.4 is 19.5 Å². The second-order valence-electron chi connectivity index (χ2n) is 6.55. The van der Waals surface area contributed by atoms with E-state index in [-0.39, 0.29) is 24.2 Å². The van der Waals surface area contributed by atoms with Crippen LogP contribution in [0.3, 0.4) is 0 Å². The van der Waals surface area contributed by atoms with Crippen LogP contribution in [0.4, 0.5) is 4.39 Å². The van der Waals surface area contributed by atoms with Gasteiger partial charge in [-0.05, 0) is 49.5 Å². The number of hydrogen-bond donors (Lipinski definition) is 1. The van der Waals surface area contributed by atoms with Crippen molar-refractivity contribution in [2.45, 2.75) is 12.5 Å². The maximum Gasteiger partial charge on any atom is 0.224 e. The minimum atomic E-state index is -0.285. The fourth-order valence-electron chi connectivity index (χ4n) is 2.98. The summed E-state index contributed by atoms with van der Waals surface area (Å²) >= 11 is 0. The summed E-state index contributed by atoms with van der Waals surface area (Å²) in [6.45, 7) is 0.405. The molecule has 1 atom stereocenters. The molecule has 0 saturated heterocycles. The first-order chi connectivity index (χ1) is 13.4. The monoisotopic (exact) mass is 390 g/mol. The van der Waals surface area contributed by atoms with Gasteiger partial charge in [0.1, 0.15) is 5.82 Å². The number of ether oxygens (including phenoxy) is 3. The highest BCUT2D eigenvalue weighted by Gasteiger charge is 2.17. The first-order valence-electron chi connectivity index (χ1n) is 8.87. The molecule has 0 saturated carbocycles. The molecular formula is C21H27FN2O4. The van der Waals surface area contributed by atoms with Gasteiger partial charge in [-0.2, -0.15) is 0 Å². The number of rotatable bonds is 9. The van der Waals surface area contributed by atoms with Crippen LogP contribution >= 0.6 is 0 Å². The second kappa shape index (κ2) is 9.94. The van der Waals surface area contributed by atoms with Crippen molar-refractivity contribution in [3.05, 3.63) is 53.3 Å². The van der Waals surface area contributed by atoms with Crippen LogP contribution in [0.15, 0.2) is 36.4 Å². The number of methoxy groups -OCH3 is 3. The van der Waals surface area contributed by atoms with Gasteiger partial charge in [-0.3, -0.25) is 4.79 Å². The summed E-state index contributed by atoms with van der Waals surface area (Å²) in [6, 6.07) is 9.74. The van der Waals surface area contributed by atoms with Gasteiger partial charge in [0.15, 0.2) is 11.5 Å². The Morgan fingerprint density at radius 2 is 1.61 bits per heavy atom. The van der Waals surface area contributed by atoms with Crippen LogP contribution in [-0.4, -0.2) is 52.8 Å². The van der Waals surface area contributed by atoms with Crippen LogP contribution in [-0.2, 0) is 11.2 Å². The minimum absolute atomic E-state index is 0.0653. The lowest BCUT2D eigenvalue weighted by Gasteiger charge is -2.25. The van der Waals surface area contributed by atoms with Crippen LogP contribution in [0.5, 0.6) is 17.2 Å². The quantitative estimate of drug-likeness (QED) is 0.714. The summed E-state index contributed by atoms with van der Waals surface area (Å²) in [5.74, 6) is 1.07. The fraction of sp³-hybridized carbons (Fsp3) is 0.381. The Morgan fingerprint density at radius 1 is 1.04 bits per heavy atom. The van der Waals surface area contributed by atoms with E-state index in [0.717, 1.165) is 11.1 Å². The normalized spacial score (nSPS) is 11.8. The van der Waals surface area contributed by atoms with E-state index in [2.05, 4.69) is 5.32 Å². The Kier molecular flexibility index (Phi) is 7.63. The molecule has 1 amide bonds. The molecule has 6 nitrogen and oxygen atoms in total. The minimum Gasteiger partial charge on any atom is -0.493 e. The van der Waals surface area contributed by atoms with Gasteiger partial charge in [-0.15, -0.1) is 0 Å². The van der Waals surface area contributed by atoms with E-state index in [1.807, 2.05) is 19.0 Å². The highest BCUT2D eigenvalue weighted by atomic mass is 19.1. The van der Waals surface area contributed by atoms with Crippen molar-refractivity contribution in [1.29, 1.82) is 0 Å². The number of halogens is 1.